The third-order valence-electron chi connectivity index (χ3n) is 3.34. The Labute approximate surface area is 80.3 Å². The molecule has 0 aromatic heterocycles. The molecule has 2 rings (SSSR count). The SMILES string of the molecule is CCC1(CC)C=Cc2ccccc21. The minimum absolute atomic E-state index is 0.330. The van der Waals surface area contributed by atoms with Gasteiger partial charge in [-0.05, 0) is 24.0 Å². The summed E-state index contributed by atoms with van der Waals surface area (Å²) in [6.45, 7) is 4.55. The fourth-order valence-electron chi connectivity index (χ4n) is 2.30. The Kier molecular flexibility index (Phi) is 1.99. The quantitative estimate of drug-likeness (QED) is 0.637. The molecule has 0 unspecified atom stereocenters. The molecule has 0 nitrogen and oxygen atoms in total. The number of allylic oxidation sites excluding steroid dienone is 1. The van der Waals surface area contributed by atoms with Gasteiger partial charge in [0.2, 0.25) is 0 Å². The van der Waals surface area contributed by atoms with Crippen LogP contribution in [0.2, 0.25) is 0 Å². The van der Waals surface area contributed by atoms with E-state index in [0.29, 0.717) is 5.41 Å². The van der Waals surface area contributed by atoms with E-state index in [0.717, 1.165) is 0 Å². The van der Waals surface area contributed by atoms with Gasteiger partial charge in [-0.1, -0.05) is 50.3 Å². The molecule has 0 heteroatoms. The van der Waals surface area contributed by atoms with Crippen LogP contribution < -0.4 is 0 Å². The zero-order chi connectivity index (χ0) is 9.31. The van der Waals surface area contributed by atoms with Gasteiger partial charge in [-0.15, -0.1) is 0 Å². The molecule has 0 radical (unpaired) electrons. The Balaban J connectivity index is 2.53. The summed E-state index contributed by atoms with van der Waals surface area (Å²) in [5.74, 6) is 0. The normalized spacial score (nSPS) is 17.4. The van der Waals surface area contributed by atoms with E-state index >= 15 is 0 Å². The lowest BCUT2D eigenvalue weighted by atomic mass is 9.78. The van der Waals surface area contributed by atoms with Gasteiger partial charge in [0.05, 0.1) is 0 Å². The zero-order valence-corrected chi connectivity index (χ0v) is 8.38. The van der Waals surface area contributed by atoms with Crippen molar-refractivity contribution in [2.75, 3.05) is 0 Å². The Morgan fingerprint density at radius 2 is 1.77 bits per heavy atom. The molecule has 13 heavy (non-hydrogen) atoms. The van der Waals surface area contributed by atoms with Gasteiger partial charge in [0.15, 0.2) is 0 Å². The molecule has 1 aromatic rings. The van der Waals surface area contributed by atoms with Crippen LogP contribution in [0.4, 0.5) is 0 Å². The van der Waals surface area contributed by atoms with Crippen molar-refractivity contribution in [3.8, 4) is 0 Å². The highest BCUT2D eigenvalue weighted by molar-refractivity contribution is 5.64. The summed E-state index contributed by atoms with van der Waals surface area (Å²) < 4.78 is 0. The van der Waals surface area contributed by atoms with Crippen LogP contribution in [0, 0.1) is 0 Å². The summed E-state index contributed by atoms with van der Waals surface area (Å²) in [6, 6.07) is 8.73. The van der Waals surface area contributed by atoms with Gasteiger partial charge in [-0.25, -0.2) is 0 Å². The fourth-order valence-corrected chi connectivity index (χ4v) is 2.30. The van der Waals surface area contributed by atoms with Crippen molar-refractivity contribution in [2.45, 2.75) is 32.1 Å². The molecular formula is C13H16. The smallest absolute Gasteiger partial charge is 0.0136 e. The third-order valence-corrected chi connectivity index (χ3v) is 3.34. The highest BCUT2D eigenvalue weighted by Crippen LogP contribution is 2.40. The molecule has 0 aliphatic heterocycles. The van der Waals surface area contributed by atoms with E-state index < -0.39 is 0 Å². The van der Waals surface area contributed by atoms with Crippen molar-refractivity contribution in [3.63, 3.8) is 0 Å². The summed E-state index contributed by atoms with van der Waals surface area (Å²) >= 11 is 0. The largest absolute Gasteiger partial charge is 0.0733 e. The van der Waals surface area contributed by atoms with E-state index in [1.165, 1.54) is 24.0 Å². The molecule has 0 N–H and O–H groups in total. The van der Waals surface area contributed by atoms with Gasteiger partial charge in [-0.3, -0.25) is 0 Å². The second-order valence-corrected chi connectivity index (χ2v) is 3.78. The van der Waals surface area contributed by atoms with Crippen LogP contribution >= 0.6 is 0 Å². The van der Waals surface area contributed by atoms with Crippen LogP contribution in [0.1, 0.15) is 37.8 Å². The molecule has 0 spiro atoms. The Bertz CT molecular complexity index is 330. The summed E-state index contributed by atoms with van der Waals surface area (Å²) in [6.07, 6.45) is 7.05. The molecular weight excluding hydrogens is 156 g/mol. The van der Waals surface area contributed by atoms with Crippen molar-refractivity contribution in [2.24, 2.45) is 0 Å². The molecule has 0 amide bonds. The maximum Gasteiger partial charge on any atom is 0.0136 e. The summed E-state index contributed by atoms with van der Waals surface area (Å²) in [7, 11) is 0. The van der Waals surface area contributed by atoms with Crippen LogP contribution in [-0.4, -0.2) is 0 Å². The lowest BCUT2D eigenvalue weighted by Crippen LogP contribution is -2.18. The second-order valence-electron chi connectivity index (χ2n) is 3.78. The number of rotatable bonds is 2. The summed E-state index contributed by atoms with van der Waals surface area (Å²) in [5, 5.41) is 0. The topological polar surface area (TPSA) is 0 Å². The first-order chi connectivity index (χ1) is 6.32. The molecule has 0 atom stereocenters. The first-order valence-electron chi connectivity index (χ1n) is 5.11. The van der Waals surface area contributed by atoms with Crippen LogP contribution in [0.15, 0.2) is 30.3 Å². The lowest BCUT2D eigenvalue weighted by Gasteiger charge is -2.26. The van der Waals surface area contributed by atoms with E-state index in [9.17, 15) is 0 Å². The third kappa shape index (κ3) is 1.13. The van der Waals surface area contributed by atoms with E-state index in [2.05, 4.69) is 50.3 Å². The minimum Gasteiger partial charge on any atom is -0.0733 e. The van der Waals surface area contributed by atoms with Gasteiger partial charge >= 0.3 is 0 Å². The van der Waals surface area contributed by atoms with Crippen molar-refractivity contribution in [1.29, 1.82) is 0 Å². The van der Waals surface area contributed by atoms with Gasteiger partial charge in [0, 0.05) is 5.41 Å². The molecule has 0 bridgehead atoms. The van der Waals surface area contributed by atoms with E-state index in [1.807, 2.05) is 0 Å². The second kappa shape index (κ2) is 3.02. The van der Waals surface area contributed by atoms with Gasteiger partial charge < -0.3 is 0 Å². The maximum absolute atomic E-state index is 2.37. The molecule has 68 valence electrons. The van der Waals surface area contributed by atoms with Crippen LogP contribution in [0.25, 0.3) is 6.08 Å². The van der Waals surface area contributed by atoms with Gasteiger partial charge in [0.25, 0.3) is 0 Å². The van der Waals surface area contributed by atoms with Crippen LogP contribution in [-0.2, 0) is 5.41 Å². The highest BCUT2D eigenvalue weighted by atomic mass is 14.3. The van der Waals surface area contributed by atoms with Crippen LogP contribution in [0.5, 0.6) is 0 Å². The minimum atomic E-state index is 0.330. The summed E-state index contributed by atoms with van der Waals surface area (Å²) in [5.41, 5.74) is 3.25. The van der Waals surface area contributed by atoms with Crippen molar-refractivity contribution in [3.05, 3.63) is 41.5 Å². The molecule has 0 fully saturated rings. The average molecular weight is 172 g/mol. The molecule has 0 saturated carbocycles. The van der Waals surface area contributed by atoms with Crippen LogP contribution in [0.3, 0.4) is 0 Å². The molecule has 1 aliphatic rings. The lowest BCUT2D eigenvalue weighted by molar-refractivity contribution is 0.506. The standard InChI is InChI=1S/C13H16/c1-3-13(4-2)10-9-11-7-5-6-8-12(11)13/h5-10H,3-4H2,1-2H3. The number of hydrogen-bond acceptors (Lipinski definition) is 0. The fraction of sp³-hybridized carbons (Fsp3) is 0.385. The predicted octanol–water partition coefficient (Wildman–Crippen LogP) is 3.77. The van der Waals surface area contributed by atoms with E-state index in [-0.39, 0.29) is 0 Å². The maximum atomic E-state index is 2.37. The Morgan fingerprint density at radius 3 is 2.46 bits per heavy atom. The first-order valence-corrected chi connectivity index (χ1v) is 5.11. The molecule has 1 aromatic carbocycles. The molecule has 0 heterocycles. The number of fused-ring (bicyclic) bond motifs is 1. The van der Waals surface area contributed by atoms with Crippen molar-refractivity contribution < 1.29 is 0 Å². The average Bonchev–Trinajstić information content (AvgIpc) is 2.58. The predicted molar refractivity (Wildman–Crippen MR) is 57.7 cm³/mol. The number of hydrogen-bond donors (Lipinski definition) is 0. The van der Waals surface area contributed by atoms with Crippen molar-refractivity contribution in [1.82, 2.24) is 0 Å². The highest BCUT2D eigenvalue weighted by Gasteiger charge is 2.30. The summed E-state index contributed by atoms with van der Waals surface area (Å²) in [4.78, 5) is 0. The Hall–Kier alpha value is -1.04. The zero-order valence-electron chi connectivity index (χ0n) is 8.38. The monoisotopic (exact) mass is 172 g/mol. The van der Waals surface area contributed by atoms with Gasteiger partial charge in [0.1, 0.15) is 0 Å². The molecule has 1 aliphatic carbocycles. The van der Waals surface area contributed by atoms with E-state index in [4.69, 9.17) is 0 Å². The Morgan fingerprint density at radius 1 is 1.08 bits per heavy atom. The number of benzene rings is 1. The molecule has 0 saturated heterocycles. The van der Waals surface area contributed by atoms with E-state index in [1.54, 1.807) is 0 Å². The van der Waals surface area contributed by atoms with Crippen molar-refractivity contribution >= 4 is 6.08 Å². The van der Waals surface area contributed by atoms with Gasteiger partial charge in [-0.2, -0.15) is 0 Å². The first kappa shape index (κ1) is 8.55.